The number of nitrogens with zero attached hydrogens (tertiary/aromatic N) is 1. The fourth-order valence-electron chi connectivity index (χ4n) is 2.86. The molecule has 0 radical (unpaired) electrons. The van der Waals surface area contributed by atoms with Gasteiger partial charge in [-0.3, -0.25) is 9.78 Å². The fraction of sp³-hybridized carbons (Fsp3) is 0.375. The van der Waals surface area contributed by atoms with E-state index >= 15 is 0 Å². The van der Waals surface area contributed by atoms with Crippen LogP contribution in [0.5, 0.6) is 5.75 Å². The second-order valence-electron chi connectivity index (χ2n) is 5.32. The van der Waals surface area contributed by atoms with Gasteiger partial charge in [0.1, 0.15) is 11.3 Å². The first kappa shape index (κ1) is 13.1. The Labute approximate surface area is 117 Å². The van der Waals surface area contributed by atoms with Crippen LogP contribution >= 0.6 is 0 Å². The summed E-state index contributed by atoms with van der Waals surface area (Å²) in [5.41, 5.74) is 1.11. The second-order valence-corrected chi connectivity index (χ2v) is 5.32. The van der Waals surface area contributed by atoms with Crippen LogP contribution in [0.3, 0.4) is 0 Å². The average molecular weight is 270 g/mol. The summed E-state index contributed by atoms with van der Waals surface area (Å²) in [6, 6.07) is 7.30. The molecule has 0 spiro atoms. The summed E-state index contributed by atoms with van der Waals surface area (Å²) in [5.74, 6) is 0.163. The van der Waals surface area contributed by atoms with Crippen molar-refractivity contribution >= 4 is 16.7 Å². The van der Waals surface area contributed by atoms with E-state index in [-0.39, 0.29) is 11.5 Å². The Hall–Kier alpha value is -1.94. The number of fused-ring (bicyclic) bond motifs is 1. The van der Waals surface area contributed by atoms with Crippen molar-refractivity contribution in [3.05, 3.63) is 36.0 Å². The summed E-state index contributed by atoms with van der Waals surface area (Å²) in [7, 11) is 0. The predicted molar refractivity (Wildman–Crippen MR) is 78.0 cm³/mol. The molecule has 0 aliphatic heterocycles. The molecule has 4 heteroatoms. The van der Waals surface area contributed by atoms with Crippen LogP contribution in [0.25, 0.3) is 10.9 Å². The van der Waals surface area contributed by atoms with Crippen LogP contribution in [-0.4, -0.2) is 28.5 Å². The van der Waals surface area contributed by atoms with Gasteiger partial charge in [-0.2, -0.15) is 0 Å². The number of aromatic hydroxyl groups is 1. The van der Waals surface area contributed by atoms with Gasteiger partial charge in [0.15, 0.2) is 5.78 Å². The molecule has 1 aromatic heterocycles. The highest BCUT2D eigenvalue weighted by Crippen LogP contribution is 2.25. The minimum absolute atomic E-state index is 0.0508. The molecule has 3 rings (SSSR count). The van der Waals surface area contributed by atoms with E-state index in [4.69, 9.17) is 0 Å². The van der Waals surface area contributed by atoms with Crippen LogP contribution in [0.2, 0.25) is 0 Å². The third kappa shape index (κ3) is 2.51. The van der Waals surface area contributed by atoms with Gasteiger partial charge in [-0.25, -0.2) is 0 Å². The fourth-order valence-corrected chi connectivity index (χ4v) is 2.86. The third-order valence-corrected chi connectivity index (χ3v) is 3.96. The minimum atomic E-state index is 0.0508. The molecular formula is C16H18N2O2. The van der Waals surface area contributed by atoms with Crippen molar-refractivity contribution in [2.45, 2.75) is 31.7 Å². The first-order valence-corrected chi connectivity index (χ1v) is 7.09. The molecule has 4 nitrogen and oxygen atoms in total. The number of rotatable bonds is 4. The highest BCUT2D eigenvalue weighted by molar-refractivity contribution is 6.09. The van der Waals surface area contributed by atoms with Crippen molar-refractivity contribution in [1.82, 2.24) is 10.3 Å². The monoisotopic (exact) mass is 270 g/mol. The SMILES string of the molecule is O=C(CNC1CCCC1)c1ccc(O)c2ncccc12. The van der Waals surface area contributed by atoms with E-state index in [1.807, 2.05) is 6.07 Å². The molecule has 0 bridgehead atoms. The molecule has 1 saturated carbocycles. The Morgan fingerprint density at radius 3 is 2.90 bits per heavy atom. The lowest BCUT2D eigenvalue weighted by Crippen LogP contribution is -2.31. The summed E-state index contributed by atoms with van der Waals surface area (Å²) >= 11 is 0. The number of ketones is 1. The number of aromatic nitrogens is 1. The number of hydrogen-bond donors (Lipinski definition) is 2. The molecular weight excluding hydrogens is 252 g/mol. The van der Waals surface area contributed by atoms with Crippen LogP contribution in [0.1, 0.15) is 36.0 Å². The van der Waals surface area contributed by atoms with Crippen LogP contribution in [0.4, 0.5) is 0 Å². The molecule has 0 saturated heterocycles. The molecule has 0 atom stereocenters. The second kappa shape index (κ2) is 5.59. The topological polar surface area (TPSA) is 62.2 Å². The Kier molecular flexibility index (Phi) is 3.65. The molecule has 0 unspecified atom stereocenters. The number of carbonyl (C=O) groups excluding carboxylic acids is 1. The number of benzene rings is 1. The Morgan fingerprint density at radius 1 is 1.30 bits per heavy atom. The number of Topliss-reactive ketones (excluding diaryl/α,β-unsaturated/α-hetero) is 1. The minimum Gasteiger partial charge on any atom is -0.506 e. The number of carbonyl (C=O) groups is 1. The molecule has 1 fully saturated rings. The molecule has 104 valence electrons. The summed E-state index contributed by atoms with van der Waals surface area (Å²) in [5, 5.41) is 13.8. The average Bonchev–Trinajstić information content (AvgIpc) is 2.99. The Bertz CT molecular complexity index is 633. The third-order valence-electron chi connectivity index (χ3n) is 3.96. The quantitative estimate of drug-likeness (QED) is 0.838. The van der Waals surface area contributed by atoms with Gasteiger partial charge >= 0.3 is 0 Å². The highest BCUT2D eigenvalue weighted by Gasteiger charge is 2.17. The number of pyridine rings is 1. The first-order chi connectivity index (χ1) is 9.75. The maximum atomic E-state index is 12.4. The Morgan fingerprint density at radius 2 is 2.10 bits per heavy atom. The molecule has 1 aliphatic carbocycles. The van der Waals surface area contributed by atoms with Gasteiger partial charge in [0.2, 0.25) is 0 Å². The van der Waals surface area contributed by atoms with Crippen molar-refractivity contribution < 1.29 is 9.90 Å². The number of hydrogen-bond acceptors (Lipinski definition) is 4. The standard InChI is InChI=1S/C16H18N2O2/c19-14-8-7-12(13-6-3-9-17-16(13)14)15(20)10-18-11-4-1-2-5-11/h3,6-9,11,18-19H,1-2,4-5,10H2. The summed E-state index contributed by atoms with van der Waals surface area (Å²) in [4.78, 5) is 16.5. The van der Waals surface area contributed by atoms with Crippen molar-refractivity contribution in [1.29, 1.82) is 0 Å². The highest BCUT2D eigenvalue weighted by atomic mass is 16.3. The van der Waals surface area contributed by atoms with Gasteiger partial charge in [-0.15, -0.1) is 0 Å². The number of nitrogens with one attached hydrogen (secondary N) is 1. The van der Waals surface area contributed by atoms with E-state index in [0.29, 0.717) is 29.1 Å². The maximum Gasteiger partial charge on any atom is 0.177 e. The summed E-state index contributed by atoms with van der Waals surface area (Å²) in [6.45, 7) is 0.347. The zero-order valence-corrected chi connectivity index (χ0v) is 11.3. The van der Waals surface area contributed by atoms with E-state index in [0.717, 1.165) is 12.8 Å². The summed E-state index contributed by atoms with van der Waals surface area (Å²) < 4.78 is 0. The van der Waals surface area contributed by atoms with E-state index in [2.05, 4.69) is 10.3 Å². The van der Waals surface area contributed by atoms with Crippen molar-refractivity contribution in [2.24, 2.45) is 0 Å². The van der Waals surface area contributed by atoms with E-state index in [1.165, 1.54) is 18.9 Å². The maximum absolute atomic E-state index is 12.4. The van der Waals surface area contributed by atoms with Gasteiger partial charge in [-0.05, 0) is 31.0 Å². The lowest BCUT2D eigenvalue weighted by Gasteiger charge is -2.12. The van der Waals surface area contributed by atoms with Crippen molar-refractivity contribution in [2.75, 3.05) is 6.54 Å². The van der Waals surface area contributed by atoms with Crippen LogP contribution in [0.15, 0.2) is 30.5 Å². The van der Waals surface area contributed by atoms with Gasteiger partial charge in [0.05, 0.1) is 6.54 Å². The van der Waals surface area contributed by atoms with Crippen LogP contribution in [-0.2, 0) is 0 Å². The van der Waals surface area contributed by atoms with E-state index in [1.54, 1.807) is 18.3 Å². The van der Waals surface area contributed by atoms with Crippen molar-refractivity contribution in [3.8, 4) is 5.75 Å². The molecule has 1 heterocycles. The zero-order chi connectivity index (χ0) is 13.9. The van der Waals surface area contributed by atoms with Crippen molar-refractivity contribution in [3.63, 3.8) is 0 Å². The number of phenols is 1. The largest absolute Gasteiger partial charge is 0.506 e. The van der Waals surface area contributed by atoms with Crippen LogP contribution < -0.4 is 5.32 Å². The lowest BCUT2D eigenvalue weighted by atomic mass is 10.0. The van der Waals surface area contributed by atoms with Gasteiger partial charge < -0.3 is 10.4 Å². The van der Waals surface area contributed by atoms with E-state index in [9.17, 15) is 9.90 Å². The van der Waals surface area contributed by atoms with E-state index < -0.39 is 0 Å². The molecule has 2 aromatic rings. The molecule has 20 heavy (non-hydrogen) atoms. The molecule has 1 aromatic carbocycles. The van der Waals surface area contributed by atoms with Gasteiger partial charge in [-0.1, -0.05) is 18.9 Å². The predicted octanol–water partition coefficient (Wildman–Crippen LogP) is 2.66. The zero-order valence-electron chi connectivity index (χ0n) is 11.3. The number of phenolic OH excluding ortho intramolecular Hbond substituents is 1. The smallest absolute Gasteiger partial charge is 0.177 e. The summed E-state index contributed by atoms with van der Waals surface area (Å²) in [6.07, 6.45) is 6.43. The normalized spacial score (nSPS) is 15.8. The molecule has 2 N–H and O–H groups in total. The van der Waals surface area contributed by atoms with Gasteiger partial charge in [0, 0.05) is 23.2 Å². The Balaban J connectivity index is 1.82. The molecule has 0 amide bonds. The lowest BCUT2D eigenvalue weighted by molar-refractivity contribution is 0.0989. The first-order valence-electron chi connectivity index (χ1n) is 7.09. The van der Waals surface area contributed by atoms with Crippen LogP contribution in [0, 0.1) is 0 Å². The van der Waals surface area contributed by atoms with Gasteiger partial charge in [0.25, 0.3) is 0 Å². The molecule has 1 aliphatic rings.